The van der Waals surface area contributed by atoms with E-state index in [4.69, 9.17) is 5.11 Å². The van der Waals surface area contributed by atoms with Gasteiger partial charge in [-0.05, 0) is 23.6 Å². The van der Waals surface area contributed by atoms with Crippen molar-refractivity contribution >= 4 is 12.3 Å². The molecule has 18 heavy (non-hydrogen) atoms. The molecule has 1 rings (SSSR count). The predicted octanol–water partition coefficient (Wildman–Crippen LogP) is 1.87. The average Bonchev–Trinajstić information content (AvgIpc) is 2.34. The quantitative estimate of drug-likeness (QED) is 0.764. The highest BCUT2D eigenvalue weighted by molar-refractivity contribution is 5.74. The van der Waals surface area contributed by atoms with Gasteiger partial charge in [0.15, 0.2) is 6.10 Å². The molecule has 0 fully saturated rings. The van der Waals surface area contributed by atoms with E-state index in [1.807, 2.05) is 0 Å². The lowest BCUT2D eigenvalue weighted by atomic mass is 9.98. The number of aliphatic carboxylic acids is 1. The van der Waals surface area contributed by atoms with E-state index in [9.17, 15) is 23.5 Å². The van der Waals surface area contributed by atoms with Gasteiger partial charge in [-0.25, -0.2) is 13.6 Å². The number of aryl methyl sites for hydroxylation is 1. The van der Waals surface area contributed by atoms with E-state index in [0.29, 0.717) is 6.29 Å². The zero-order valence-electron chi connectivity index (χ0n) is 9.35. The molecular weight excluding hydrogens is 246 g/mol. The first-order chi connectivity index (χ1) is 8.47. The summed E-state index contributed by atoms with van der Waals surface area (Å²) in [6, 6.07) is 3.54. The van der Waals surface area contributed by atoms with Crippen LogP contribution in [0.5, 0.6) is 0 Å². The molecule has 0 bridgehead atoms. The molecular formula is C12H12F2O4. The lowest BCUT2D eigenvalue weighted by molar-refractivity contribution is -0.147. The number of aldehydes is 1. The number of carbonyl (C=O) groups excluding carboxylic acids is 1. The van der Waals surface area contributed by atoms with Crippen LogP contribution < -0.4 is 0 Å². The summed E-state index contributed by atoms with van der Waals surface area (Å²) >= 11 is 0. The third kappa shape index (κ3) is 3.33. The number of carboxylic acid groups (broad SMARTS) is 1. The lowest BCUT2D eigenvalue weighted by Gasteiger charge is -2.12. The van der Waals surface area contributed by atoms with Gasteiger partial charge in [0.1, 0.15) is 6.29 Å². The highest BCUT2D eigenvalue weighted by atomic mass is 19.3. The fourth-order valence-electron chi connectivity index (χ4n) is 1.57. The smallest absolute Gasteiger partial charge is 0.337 e. The van der Waals surface area contributed by atoms with Gasteiger partial charge in [-0.2, -0.15) is 0 Å². The van der Waals surface area contributed by atoms with Crippen molar-refractivity contribution in [3.05, 3.63) is 34.9 Å². The molecule has 2 N–H and O–H groups in total. The molecule has 1 aromatic carbocycles. The van der Waals surface area contributed by atoms with Crippen LogP contribution in [0.25, 0.3) is 0 Å². The van der Waals surface area contributed by atoms with Crippen molar-refractivity contribution < 1.29 is 28.6 Å². The first kappa shape index (κ1) is 14.2. The molecule has 0 saturated carbocycles. The van der Waals surface area contributed by atoms with Crippen molar-refractivity contribution in [2.24, 2.45) is 0 Å². The van der Waals surface area contributed by atoms with E-state index in [2.05, 4.69) is 0 Å². The Morgan fingerprint density at radius 3 is 2.56 bits per heavy atom. The Bertz CT molecular complexity index is 446. The molecule has 0 aromatic heterocycles. The Morgan fingerprint density at radius 1 is 1.39 bits per heavy atom. The third-order valence-corrected chi connectivity index (χ3v) is 2.49. The van der Waals surface area contributed by atoms with Crippen molar-refractivity contribution in [2.75, 3.05) is 0 Å². The first-order valence-corrected chi connectivity index (χ1v) is 5.22. The topological polar surface area (TPSA) is 74.6 Å². The Balaban J connectivity index is 3.10. The van der Waals surface area contributed by atoms with Gasteiger partial charge in [-0.3, -0.25) is 0 Å². The van der Waals surface area contributed by atoms with Crippen LogP contribution in [0.4, 0.5) is 8.78 Å². The van der Waals surface area contributed by atoms with Crippen LogP contribution in [-0.4, -0.2) is 22.5 Å². The number of benzene rings is 1. The summed E-state index contributed by atoms with van der Waals surface area (Å²) in [6.07, 6.45) is -3.72. The minimum atomic E-state index is -2.78. The second-order valence-electron chi connectivity index (χ2n) is 3.71. The second-order valence-corrected chi connectivity index (χ2v) is 3.71. The number of aliphatic hydroxyl groups excluding tert-OH is 1. The van der Waals surface area contributed by atoms with Gasteiger partial charge in [-0.1, -0.05) is 12.1 Å². The van der Waals surface area contributed by atoms with Crippen molar-refractivity contribution in [3.63, 3.8) is 0 Å². The average molecular weight is 258 g/mol. The number of carbonyl (C=O) groups is 2. The van der Waals surface area contributed by atoms with Gasteiger partial charge in [0.25, 0.3) is 6.43 Å². The van der Waals surface area contributed by atoms with Gasteiger partial charge >= 0.3 is 5.97 Å². The fraction of sp³-hybridized carbons (Fsp3) is 0.333. The van der Waals surface area contributed by atoms with Crippen LogP contribution in [-0.2, 0) is 16.0 Å². The normalized spacial score (nSPS) is 12.4. The van der Waals surface area contributed by atoms with Crippen LogP contribution >= 0.6 is 0 Å². The van der Waals surface area contributed by atoms with Crippen LogP contribution in [0.2, 0.25) is 0 Å². The van der Waals surface area contributed by atoms with Crippen molar-refractivity contribution in [3.8, 4) is 0 Å². The molecule has 0 saturated heterocycles. The van der Waals surface area contributed by atoms with Gasteiger partial charge in [0.05, 0.1) is 0 Å². The van der Waals surface area contributed by atoms with E-state index in [1.54, 1.807) is 0 Å². The van der Waals surface area contributed by atoms with Gasteiger partial charge in [0.2, 0.25) is 0 Å². The molecule has 0 aliphatic carbocycles. The standard InChI is InChI=1S/C12H12F2O4/c13-11(14)9-6-8(10(16)12(17)18)4-3-7(9)2-1-5-15/h3-6,10-11,16H,1-2H2,(H,17,18). The number of hydrogen-bond acceptors (Lipinski definition) is 3. The molecule has 0 spiro atoms. The fourth-order valence-corrected chi connectivity index (χ4v) is 1.57. The second kappa shape index (κ2) is 6.20. The molecule has 6 heteroatoms. The molecule has 0 amide bonds. The first-order valence-electron chi connectivity index (χ1n) is 5.22. The van der Waals surface area contributed by atoms with E-state index < -0.39 is 18.5 Å². The summed E-state index contributed by atoms with van der Waals surface area (Å²) in [5.41, 5.74) is -0.180. The number of hydrogen-bond donors (Lipinski definition) is 2. The van der Waals surface area contributed by atoms with Gasteiger partial charge < -0.3 is 15.0 Å². The Kier molecular flexibility index (Phi) is 4.91. The lowest BCUT2D eigenvalue weighted by Crippen LogP contribution is -2.11. The number of aliphatic hydroxyl groups is 1. The number of carboxylic acids is 1. The van der Waals surface area contributed by atoms with Crippen molar-refractivity contribution in [1.82, 2.24) is 0 Å². The molecule has 98 valence electrons. The zero-order chi connectivity index (χ0) is 13.7. The van der Waals surface area contributed by atoms with Crippen LogP contribution in [0.1, 0.15) is 35.6 Å². The number of rotatable bonds is 6. The molecule has 0 heterocycles. The summed E-state index contributed by atoms with van der Waals surface area (Å²) in [6.45, 7) is 0. The molecule has 1 atom stereocenters. The van der Waals surface area contributed by atoms with Gasteiger partial charge in [-0.15, -0.1) is 0 Å². The number of alkyl halides is 2. The summed E-state index contributed by atoms with van der Waals surface area (Å²) in [5, 5.41) is 17.9. The van der Waals surface area contributed by atoms with Gasteiger partial charge in [0, 0.05) is 12.0 Å². The van der Waals surface area contributed by atoms with E-state index in [0.717, 1.165) is 6.07 Å². The van der Waals surface area contributed by atoms with Crippen LogP contribution in [0, 0.1) is 0 Å². The molecule has 0 aliphatic rings. The van der Waals surface area contributed by atoms with Crippen LogP contribution in [0.3, 0.4) is 0 Å². The highest BCUT2D eigenvalue weighted by Gasteiger charge is 2.20. The third-order valence-electron chi connectivity index (χ3n) is 2.49. The predicted molar refractivity (Wildman–Crippen MR) is 58.4 cm³/mol. The SMILES string of the molecule is O=CCCc1ccc(C(O)C(=O)O)cc1C(F)F. The molecule has 1 unspecified atom stereocenters. The zero-order valence-corrected chi connectivity index (χ0v) is 9.35. The summed E-state index contributed by atoms with van der Waals surface area (Å²) in [4.78, 5) is 20.8. The largest absolute Gasteiger partial charge is 0.479 e. The van der Waals surface area contributed by atoms with E-state index in [-0.39, 0.29) is 29.5 Å². The maximum Gasteiger partial charge on any atom is 0.337 e. The van der Waals surface area contributed by atoms with Crippen molar-refractivity contribution in [1.29, 1.82) is 0 Å². The van der Waals surface area contributed by atoms with E-state index in [1.165, 1.54) is 12.1 Å². The Hall–Kier alpha value is -1.82. The molecule has 0 radical (unpaired) electrons. The summed E-state index contributed by atoms with van der Waals surface area (Å²) in [5.74, 6) is -1.50. The molecule has 1 aromatic rings. The molecule has 4 nitrogen and oxygen atoms in total. The maximum atomic E-state index is 12.8. The van der Waals surface area contributed by atoms with Crippen LogP contribution in [0.15, 0.2) is 18.2 Å². The minimum Gasteiger partial charge on any atom is -0.479 e. The van der Waals surface area contributed by atoms with E-state index >= 15 is 0 Å². The Labute approximate surface area is 102 Å². The maximum absolute atomic E-state index is 12.8. The highest BCUT2D eigenvalue weighted by Crippen LogP contribution is 2.27. The van der Waals surface area contributed by atoms with Crippen molar-refractivity contribution in [2.45, 2.75) is 25.4 Å². The summed E-state index contributed by atoms with van der Waals surface area (Å²) < 4.78 is 25.6. The Morgan fingerprint density at radius 2 is 2.06 bits per heavy atom. The monoisotopic (exact) mass is 258 g/mol. The summed E-state index contributed by atoms with van der Waals surface area (Å²) in [7, 11) is 0. The number of halogens is 2. The minimum absolute atomic E-state index is 0.104. The molecule has 0 aliphatic heterocycles.